The minimum absolute atomic E-state index is 0.106. The lowest BCUT2D eigenvalue weighted by atomic mass is 9.93. The molecule has 0 bridgehead atoms. The molecule has 1 unspecified atom stereocenters. The Bertz CT molecular complexity index is 1480. The maximum atomic E-state index is 13.2. The molecule has 0 amide bonds. The summed E-state index contributed by atoms with van der Waals surface area (Å²) in [6.07, 6.45) is 7.92. The third-order valence-corrected chi connectivity index (χ3v) is 8.56. The van der Waals surface area contributed by atoms with Crippen molar-refractivity contribution in [3.8, 4) is 5.75 Å². The second kappa shape index (κ2) is 16.6. The predicted molar refractivity (Wildman–Crippen MR) is 180 cm³/mol. The number of carbonyl (C=O) groups excluding carboxylic acids is 2. The van der Waals surface area contributed by atoms with Crippen molar-refractivity contribution in [2.45, 2.75) is 63.6 Å². The van der Waals surface area contributed by atoms with Crippen molar-refractivity contribution >= 4 is 17.4 Å². The Morgan fingerprint density at radius 3 is 2.18 bits per heavy atom. The molecule has 4 aromatic carbocycles. The zero-order valence-electron chi connectivity index (χ0n) is 26.2. The predicted octanol–water partition coefficient (Wildman–Crippen LogP) is 7.72. The van der Waals surface area contributed by atoms with Gasteiger partial charge in [0.05, 0.1) is 13.7 Å². The summed E-state index contributed by atoms with van der Waals surface area (Å²) in [7, 11) is 1.38. The summed E-state index contributed by atoms with van der Waals surface area (Å²) in [6.45, 7) is 2.65. The summed E-state index contributed by atoms with van der Waals surface area (Å²) in [4.78, 5) is 28.7. The molecule has 0 aromatic heterocycles. The molecule has 1 N–H and O–H groups in total. The molecule has 0 radical (unpaired) electrons. The van der Waals surface area contributed by atoms with Crippen LogP contribution < -0.4 is 10.1 Å². The highest BCUT2D eigenvalue weighted by Gasteiger charge is 2.23. The van der Waals surface area contributed by atoms with E-state index in [0.717, 1.165) is 30.8 Å². The van der Waals surface area contributed by atoms with Crippen LogP contribution in [0.3, 0.4) is 0 Å². The van der Waals surface area contributed by atoms with Gasteiger partial charge in [-0.15, -0.1) is 0 Å². The van der Waals surface area contributed by atoms with E-state index in [1.165, 1.54) is 44.8 Å². The summed E-state index contributed by atoms with van der Waals surface area (Å²) in [5.41, 5.74) is 4.02. The monoisotopic (exact) mass is 604 g/mol. The Morgan fingerprint density at radius 1 is 0.800 bits per heavy atom. The molecule has 1 fully saturated rings. The van der Waals surface area contributed by atoms with Gasteiger partial charge >= 0.3 is 5.97 Å². The van der Waals surface area contributed by atoms with Gasteiger partial charge in [0.1, 0.15) is 11.8 Å². The van der Waals surface area contributed by atoms with E-state index in [1.54, 1.807) is 18.2 Å². The number of ether oxygens (including phenoxy) is 2. The second-order valence-electron chi connectivity index (χ2n) is 11.8. The molecule has 6 heteroatoms. The van der Waals surface area contributed by atoms with Crippen LogP contribution in [0.1, 0.15) is 65.6 Å². The van der Waals surface area contributed by atoms with Gasteiger partial charge in [-0.2, -0.15) is 0 Å². The van der Waals surface area contributed by atoms with Gasteiger partial charge < -0.3 is 14.8 Å². The maximum absolute atomic E-state index is 13.2. The molecule has 0 heterocycles. The third kappa shape index (κ3) is 9.29. The van der Waals surface area contributed by atoms with Gasteiger partial charge in [0, 0.05) is 42.4 Å². The van der Waals surface area contributed by atoms with Crippen LogP contribution in [0.5, 0.6) is 5.75 Å². The number of benzene rings is 4. The number of nitrogens with one attached hydrogen (secondary N) is 1. The standard InChI is InChI=1S/C39H44N2O4/c1-44-39(43)37(40-36-21-12-11-20-35(36)38(42)32-16-7-3-8-17-32)28-30-22-24-34(25-23-30)45-27-13-26-41(33-18-9-4-10-19-33)29-31-14-5-2-6-15-31/h2-3,5-8,11-12,14-17,20-25,33,37,40H,4,9-10,13,18-19,26-29H2,1H3. The molecule has 6 nitrogen and oxygen atoms in total. The molecular weight excluding hydrogens is 560 g/mol. The number of nitrogens with zero attached hydrogens (tertiary/aromatic N) is 1. The van der Waals surface area contributed by atoms with E-state index in [9.17, 15) is 9.59 Å². The summed E-state index contributed by atoms with van der Waals surface area (Å²) < 4.78 is 11.2. The average Bonchev–Trinajstić information content (AvgIpc) is 3.10. The van der Waals surface area contributed by atoms with Crippen molar-refractivity contribution in [3.05, 3.63) is 131 Å². The quantitative estimate of drug-likeness (QED) is 0.0852. The lowest BCUT2D eigenvalue weighted by molar-refractivity contribution is -0.141. The highest BCUT2D eigenvalue weighted by Crippen LogP contribution is 2.25. The number of hydrogen-bond acceptors (Lipinski definition) is 6. The minimum atomic E-state index is -0.665. The number of rotatable bonds is 15. The van der Waals surface area contributed by atoms with Crippen molar-refractivity contribution in [2.75, 3.05) is 25.6 Å². The van der Waals surface area contributed by atoms with Crippen molar-refractivity contribution in [3.63, 3.8) is 0 Å². The summed E-state index contributed by atoms with van der Waals surface area (Å²) in [6, 6.07) is 35.0. The van der Waals surface area contributed by atoms with Gasteiger partial charge in [0.15, 0.2) is 5.78 Å². The topological polar surface area (TPSA) is 67.9 Å². The molecular formula is C39H44N2O4. The van der Waals surface area contributed by atoms with Crippen LogP contribution in [0.4, 0.5) is 5.69 Å². The Hall–Kier alpha value is -4.42. The van der Waals surface area contributed by atoms with Gasteiger partial charge in [-0.3, -0.25) is 9.69 Å². The van der Waals surface area contributed by atoms with Crippen LogP contribution >= 0.6 is 0 Å². The van der Waals surface area contributed by atoms with Crippen LogP contribution in [-0.2, 0) is 22.5 Å². The van der Waals surface area contributed by atoms with Crippen LogP contribution in [0.2, 0.25) is 0 Å². The first-order chi connectivity index (χ1) is 22.1. The molecule has 45 heavy (non-hydrogen) atoms. The Kier molecular flexibility index (Phi) is 11.8. The van der Waals surface area contributed by atoms with E-state index in [-0.39, 0.29) is 5.78 Å². The number of ketones is 1. The number of carbonyl (C=O) groups is 2. The van der Waals surface area contributed by atoms with E-state index in [0.29, 0.717) is 35.9 Å². The van der Waals surface area contributed by atoms with Crippen molar-refractivity contribution in [1.82, 2.24) is 4.90 Å². The molecule has 1 aliphatic carbocycles. The minimum Gasteiger partial charge on any atom is -0.494 e. The SMILES string of the molecule is COC(=O)C(Cc1ccc(OCCCN(Cc2ccccc2)C2CCCCC2)cc1)Nc1ccccc1C(=O)c1ccccc1. The lowest BCUT2D eigenvalue weighted by Gasteiger charge is -2.34. The summed E-state index contributed by atoms with van der Waals surface area (Å²) in [5.74, 6) is 0.313. The van der Waals surface area contributed by atoms with Crippen LogP contribution in [0.15, 0.2) is 109 Å². The Balaban J connectivity index is 1.16. The number of anilines is 1. The number of para-hydroxylation sites is 1. The number of hydrogen-bond donors (Lipinski definition) is 1. The molecule has 1 atom stereocenters. The zero-order chi connectivity index (χ0) is 31.3. The molecule has 5 rings (SSSR count). The Labute approximate surface area is 267 Å². The average molecular weight is 605 g/mol. The van der Waals surface area contributed by atoms with E-state index in [4.69, 9.17) is 9.47 Å². The molecule has 0 aliphatic heterocycles. The van der Waals surface area contributed by atoms with Crippen LogP contribution in [0, 0.1) is 0 Å². The third-order valence-electron chi connectivity index (χ3n) is 8.56. The molecule has 0 spiro atoms. The van der Waals surface area contributed by atoms with Gasteiger partial charge in [-0.05, 0) is 54.7 Å². The highest BCUT2D eigenvalue weighted by molar-refractivity contribution is 6.12. The fraction of sp³-hybridized carbons (Fsp3) is 0.333. The van der Waals surface area contributed by atoms with Gasteiger partial charge in [0.25, 0.3) is 0 Å². The van der Waals surface area contributed by atoms with Crippen molar-refractivity contribution in [1.29, 1.82) is 0 Å². The van der Waals surface area contributed by atoms with E-state index in [2.05, 4.69) is 40.5 Å². The first-order valence-corrected chi connectivity index (χ1v) is 16.1. The highest BCUT2D eigenvalue weighted by atomic mass is 16.5. The lowest BCUT2D eigenvalue weighted by Crippen LogP contribution is -2.37. The second-order valence-corrected chi connectivity index (χ2v) is 11.8. The zero-order valence-corrected chi connectivity index (χ0v) is 26.2. The normalized spacial score (nSPS) is 14.1. The molecule has 1 saturated carbocycles. The first-order valence-electron chi connectivity index (χ1n) is 16.1. The first kappa shape index (κ1) is 32.0. The molecule has 234 valence electrons. The summed E-state index contributed by atoms with van der Waals surface area (Å²) >= 11 is 0. The van der Waals surface area contributed by atoms with E-state index >= 15 is 0 Å². The summed E-state index contributed by atoms with van der Waals surface area (Å²) in [5, 5.41) is 3.28. The maximum Gasteiger partial charge on any atom is 0.328 e. The molecule has 0 saturated heterocycles. The van der Waals surface area contributed by atoms with Crippen LogP contribution in [-0.4, -0.2) is 49.0 Å². The number of esters is 1. The van der Waals surface area contributed by atoms with E-state index in [1.807, 2.05) is 60.7 Å². The fourth-order valence-electron chi connectivity index (χ4n) is 6.15. The van der Waals surface area contributed by atoms with E-state index < -0.39 is 12.0 Å². The smallest absolute Gasteiger partial charge is 0.328 e. The van der Waals surface area contributed by atoms with Crippen molar-refractivity contribution in [2.24, 2.45) is 0 Å². The number of methoxy groups -OCH3 is 1. The largest absolute Gasteiger partial charge is 0.494 e. The van der Waals surface area contributed by atoms with Crippen molar-refractivity contribution < 1.29 is 19.1 Å². The fourth-order valence-corrected chi connectivity index (χ4v) is 6.15. The Morgan fingerprint density at radius 2 is 1.47 bits per heavy atom. The van der Waals surface area contributed by atoms with Gasteiger partial charge in [-0.25, -0.2) is 4.79 Å². The molecule has 4 aromatic rings. The van der Waals surface area contributed by atoms with Gasteiger partial charge in [0.2, 0.25) is 0 Å². The molecule has 1 aliphatic rings. The van der Waals surface area contributed by atoms with Crippen LogP contribution in [0.25, 0.3) is 0 Å². The van der Waals surface area contributed by atoms with Gasteiger partial charge in [-0.1, -0.05) is 104 Å².